The number of benzene rings is 1. The van der Waals surface area contributed by atoms with E-state index in [1.807, 2.05) is 25.2 Å². The van der Waals surface area contributed by atoms with Gasteiger partial charge in [0.25, 0.3) is 0 Å². The van der Waals surface area contributed by atoms with Gasteiger partial charge in [-0.15, -0.1) is 0 Å². The molecule has 0 N–H and O–H groups in total. The van der Waals surface area contributed by atoms with E-state index in [0.29, 0.717) is 18.5 Å². The summed E-state index contributed by atoms with van der Waals surface area (Å²) in [5.74, 6) is 1.81. The Hall–Kier alpha value is -1.51. The van der Waals surface area contributed by atoms with Crippen LogP contribution >= 0.6 is 0 Å². The van der Waals surface area contributed by atoms with Crippen molar-refractivity contribution in [1.29, 1.82) is 0 Å². The third-order valence-electron chi connectivity index (χ3n) is 5.63. The van der Waals surface area contributed by atoms with Gasteiger partial charge in [0.2, 0.25) is 5.91 Å². The second-order valence-electron chi connectivity index (χ2n) is 7.06. The zero-order valence-corrected chi connectivity index (χ0v) is 13.9. The average molecular weight is 300 g/mol. The van der Waals surface area contributed by atoms with Crippen molar-refractivity contribution in [1.82, 2.24) is 4.90 Å². The summed E-state index contributed by atoms with van der Waals surface area (Å²) < 4.78 is 0. The van der Waals surface area contributed by atoms with Crippen molar-refractivity contribution in [3.8, 4) is 0 Å². The van der Waals surface area contributed by atoms with E-state index < -0.39 is 0 Å². The first kappa shape index (κ1) is 15.4. The molecule has 3 heteroatoms. The zero-order chi connectivity index (χ0) is 15.5. The lowest BCUT2D eigenvalue weighted by Gasteiger charge is -2.47. The van der Waals surface area contributed by atoms with Gasteiger partial charge in [0, 0.05) is 25.3 Å². The molecule has 3 atom stereocenters. The molecule has 3 rings (SSSR count). The topological polar surface area (TPSA) is 23.6 Å². The van der Waals surface area contributed by atoms with Gasteiger partial charge in [0.05, 0.1) is 6.54 Å². The monoisotopic (exact) mass is 300 g/mol. The first-order chi connectivity index (χ1) is 10.7. The quantitative estimate of drug-likeness (QED) is 0.852. The standard InChI is InChI=1S/C19H28N2O/c1-15-12-13-21(18-11-7-6-10-17(15)18)19(22)14-20(2)16-8-4-3-5-9-16/h3-5,8-9,15,17-18H,6-7,10-14H2,1-2H3/t15-,17+,18-/m1/s1. The number of carbonyl (C=O) groups is 1. The van der Waals surface area contributed by atoms with Crippen molar-refractivity contribution in [3.05, 3.63) is 30.3 Å². The summed E-state index contributed by atoms with van der Waals surface area (Å²) in [5.41, 5.74) is 1.11. The summed E-state index contributed by atoms with van der Waals surface area (Å²) in [7, 11) is 2.01. The van der Waals surface area contributed by atoms with Gasteiger partial charge in [-0.25, -0.2) is 0 Å². The van der Waals surface area contributed by atoms with E-state index in [2.05, 4.69) is 28.9 Å². The molecular weight excluding hydrogens is 272 g/mol. The van der Waals surface area contributed by atoms with Crippen molar-refractivity contribution < 1.29 is 4.79 Å². The fourth-order valence-electron chi connectivity index (χ4n) is 4.29. The van der Waals surface area contributed by atoms with Crippen LogP contribution in [0.1, 0.15) is 39.0 Å². The Labute approximate surface area is 134 Å². The molecule has 3 nitrogen and oxygen atoms in total. The lowest BCUT2D eigenvalue weighted by Crippen LogP contribution is -2.54. The number of rotatable bonds is 3. The van der Waals surface area contributed by atoms with Crippen molar-refractivity contribution in [2.75, 3.05) is 25.0 Å². The Morgan fingerprint density at radius 2 is 1.91 bits per heavy atom. The lowest BCUT2D eigenvalue weighted by molar-refractivity contribution is -0.137. The summed E-state index contributed by atoms with van der Waals surface area (Å²) in [5, 5.41) is 0. The van der Waals surface area contributed by atoms with Gasteiger partial charge in [-0.3, -0.25) is 4.79 Å². The molecule has 2 aliphatic rings. The predicted molar refractivity (Wildman–Crippen MR) is 91.0 cm³/mol. The molecule has 2 fully saturated rings. The molecule has 0 spiro atoms. The highest BCUT2D eigenvalue weighted by Crippen LogP contribution is 2.38. The molecule has 0 unspecified atom stereocenters. The first-order valence-electron chi connectivity index (χ1n) is 8.72. The molecule has 120 valence electrons. The van der Waals surface area contributed by atoms with Gasteiger partial charge in [0.15, 0.2) is 0 Å². The maximum absolute atomic E-state index is 12.8. The van der Waals surface area contributed by atoms with E-state index in [-0.39, 0.29) is 0 Å². The number of likely N-dealkylation sites (N-methyl/N-ethyl adjacent to an activating group) is 1. The van der Waals surface area contributed by atoms with Gasteiger partial charge in [0.1, 0.15) is 0 Å². The predicted octanol–water partition coefficient (Wildman–Crippen LogP) is 3.55. The largest absolute Gasteiger partial charge is 0.365 e. The lowest BCUT2D eigenvalue weighted by atomic mass is 9.72. The minimum Gasteiger partial charge on any atom is -0.365 e. The zero-order valence-electron chi connectivity index (χ0n) is 13.9. The third-order valence-corrected chi connectivity index (χ3v) is 5.63. The smallest absolute Gasteiger partial charge is 0.242 e. The van der Waals surface area contributed by atoms with Crippen LogP contribution in [-0.2, 0) is 4.79 Å². The van der Waals surface area contributed by atoms with E-state index in [0.717, 1.165) is 24.1 Å². The van der Waals surface area contributed by atoms with E-state index >= 15 is 0 Å². The number of carbonyl (C=O) groups excluding carboxylic acids is 1. The number of anilines is 1. The summed E-state index contributed by atoms with van der Waals surface area (Å²) in [6.45, 7) is 3.81. The number of hydrogen-bond acceptors (Lipinski definition) is 2. The van der Waals surface area contributed by atoms with Crippen molar-refractivity contribution >= 4 is 11.6 Å². The number of para-hydroxylation sites is 1. The molecule has 1 saturated heterocycles. The Bertz CT molecular complexity index is 501. The molecule has 1 amide bonds. The highest BCUT2D eigenvalue weighted by Gasteiger charge is 2.39. The van der Waals surface area contributed by atoms with Crippen molar-refractivity contribution in [3.63, 3.8) is 0 Å². The molecule has 22 heavy (non-hydrogen) atoms. The van der Waals surface area contributed by atoms with Gasteiger partial charge in [-0.2, -0.15) is 0 Å². The Kier molecular flexibility index (Phi) is 4.70. The van der Waals surface area contributed by atoms with Crippen molar-refractivity contribution in [2.45, 2.75) is 45.1 Å². The number of nitrogens with zero attached hydrogens (tertiary/aromatic N) is 2. The summed E-state index contributed by atoms with van der Waals surface area (Å²) in [6, 6.07) is 10.7. The van der Waals surface area contributed by atoms with Crippen LogP contribution in [0.4, 0.5) is 5.69 Å². The number of likely N-dealkylation sites (tertiary alicyclic amines) is 1. The number of amides is 1. The molecule has 1 saturated carbocycles. The minimum absolute atomic E-state index is 0.301. The summed E-state index contributed by atoms with van der Waals surface area (Å²) in [6.07, 6.45) is 6.31. The van der Waals surface area contributed by atoms with Crippen LogP contribution in [0, 0.1) is 11.8 Å². The number of fused-ring (bicyclic) bond motifs is 1. The Balaban J connectivity index is 1.66. The van der Waals surface area contributed by atoms with E-state index in [4.69, 9.17) is 0 Å². The second-order valence-corrected chi connectivity index (χ2v) is 7.06. The number of hydrogen-bond donors (Lipinski definition) is 0. The third kappa shape index (κ3) is 3.13. The van der Waals surface area contributed by atoms with Crippen LogP contribution in [0.2, 0.25) is 0 Å². The van der Waals surface area contributed by atoms with Crippen LogP contribution in [0.15, 0.2) is 30.3 Å². The van der Waals surface area contributed by atoms with Crippen LogP contribution in [0.25, 0.3) is 0 Å². The van der Waals surface area contributed by atoms with E-state index in [9.17, 15) is 4.79 Å². The molecule has 0 radical (unpaired) electrons. The van der Waals surface area contributed by atoms with Crippen LogP contribution in [0.5, 0.6) is 0 Å². The van der Waals surface area contributed by atoms with Gasteiger partial charge >= 0.3 is 0 Å². The normalized spacial score (nSPS) is 28.1. The van der Waals surface area contributed by atoms with E-state index in [1.165, 1.54) is 32.1 Å². The maximum atomic E-state index is 12.8. The molecule has 1 aromatic carbocycles. The molecule has 0 aromatic heterocycles. The summed E-state index contributed by atoms with van der Waals surface area (Å²) >= 11 is 0. The van der Waals surface area contributed by atoms with E-state index in [1.54, 1.807) is 0 Å². The van der Waals surface area contributed by atoms with Crippen LogP contribution in [-0.4, -0.2) is 37.0 Å². The molecular formula is C19H28N2O. The molecule has 0 bridgehead atoms. The first-order valence-corrected chi connectivity index (χ1v) is 8.72. The van der Waals surface area contributed by atoms with Gasteiger partial charge in [-0.05, 0) is 43.2 Å². The van der Waals surface area contributed by atoms with Gasteiger partial charge < -0.3 is 9.80 Å². The van der Waals surface area contributed by atoms with Crippen LogP contribution in [0.3, 0.4) is 0 Å². The molecule has 1 aliphatic carbocycles. The van der Waals surface area contributed by atoms with Crippen molar-refractivity contribution in [2.24, 2.45) is 11.8 Å². The Morgan fingerprint density at radius 3 is 2.68 bits per heavy atom. The number of piperidine rings is 1. The minimum atomic E-state index is 0.301. The molecule has 1 heterocycles. The fraction of sp³-hybridized carbons (Fsp3) is 0.632. The van der Waals surface area contributed by atoms with Gasteiger partial charge in [-0.1, -0.05) is 38.0 Å². The van der Waals surface area contributed by atoms with Crippen LogP contribution < -0.4 is 4.90 Å². The Morgan fingerprint density at radius 1 is 1.18 bits per heavy atom. The SMILES string of the molecule is C[C@@H]1CCN(C(=O)CN(C)c2ccccc2)[C@@H]2CCCC[C@@H]12. The molecule has 1 aromatic rings. The maximum Gasteiger partial charge on any atom is 0.242 e. The highest BCUT2D eigenvalue weighted by molar-refractivity contribution is 5.81. The second kappa shape index (κ2) is 6.72. The fourth-order valence-corrected chi connectivity index (χ4v) is 4.29. The average Bonchev–Trinajstić information content (AvgIpc) is 2.56. The highest BCUT2D eigenvalue weighted by atomic mass is 16.2. The summed E-state index contributed by atoms with van der Waals surface area (Å²) in [4.78, 5) is 17.1. The molecule has 1 aliphatic heterocycles.